The molecule has 0 saturated heterocycles. The summed E-state index contributed by atoms with van der Waals surface area (Å²) in [4.78, 5) is 4.67. The minimum absolute atomic E-state index is 0.280. The molecule has 1 aromatic heterocycles. The van der Waals surface area contributed by atoms with E-state index in [4.69, 9.17) is 4.52 Å². The number of nitrogens with one attached hydrogen (secondary N) is 1. The lowest BCUT2D eigenvalue weighted by molar-refractivity contribution is 0.321. The van der Waals surface area contributed by atoms with Crippen molar-refractivity contribution in [3.63, 3.8) is 0 Å². The summed E-state index contributed by atoms with van der Waals surface area (Å²) in [6, 6.07) is 0.405. The standard InChI is InChI=1S/C15H27N3O/c1-4-13(16-3)11(2)15-17-14(18-19-15)12-9-7-5-6-8-10-12/h11-13,16H,4-10H2,1-3H3. The molecule has 0 aliphatic heterocycles. The maximum absolute atomic E-state index is 5.50. The number of aromatic nitrogens is 2. The summed E-state index contributed by atoms with van der Waals surface area (Å²) in [6.45, 7) is 4.34. The van der Waals surface area contributed by atoms with Gasteiger partial charge in [0.1, 0.15) is 0 Å². The van der Waals surface area contributed by atoms with Crippen molar-refractivity contribution in [1.82, 2.24) is 15.5 Å². The van der Waals surface area contributed by atoms with E-state index in [0.29, 0.717) is 12.0 Å². The molecule has 2 rings (SSSR count). The van der Waals surface area contributed by atoms with Crippen LogP contribution in [0.25, 0.3) is 0 Å². The summed E-state index contributed by atoms with van der Waals surface area (Å²) in [5.74, 6) is 2.53. The van der Waals surface area contributed by atoms with Gasteiger partial charge >= 0.3 is 0 Å². The molecule has 0 radical (unpaired) electrons. The summed E-state index contributed by atoms with van der Waals surface area (Å²) in [5, 5.41) is 7.56. The van der Waals surface area contributed by atoms with Crippen LogP contribution in [-0.2, 0) is 0 Å². The highest BCUT2D eigenvalue weighted by Gasteiger charge is 2.25. The van der Waals surface area contributed by atoms with Crippen LogP contribution in [0.2, 0.25) is 0 Å². The Bertz CT molecular complexity index is 349. The highest BCUT2D eigenvalue weighted by Crippen LogP contribution is 2.31. The van der Waals surface area contributed by atoms with E-state index >= 15 is 0 Å². The summed E-state index contributed by atoms with van der Waals surface area (Å²) in [7, 11) is 1.99. The number of hydrogen-bond donors (Lipinski definition) is 1. The van der Waals surface area contributed by atoms with E-state index in [9.17, 15) is 0 Å². The zero-order chi connectivity index (χ0) is 13.7. The van der Waals surface area contributed by atoms with Crippen LogP contribution in [0.1, 0.15) is 82.3 Å². The molecule has 19 heavy (non-hydrogen) atoms. The molecule has 0 spiro atoms. The normalized spacial score (nSPS) is 21.0. The van der Waals surface area contributed by atoms with Gasteiger partial charge in [-0.3, -0.25) is 0 Å². The SMILES string of the molecule is CCC(NC)C(C)c1nc(C2CCCCCC2)no1. The molecule has 0 bridgehead atoms. The summed E-state index contributed by atoms with van der Waals surface area (Å²) >= 11 is 0. The van der Waals surface area contributed by atoms with Gasteiger partial charge in [-0.25, -0.2) is 0 Å². The average Bonchev–Trinajstić information content (AvgIpc) is 2.76. The van der Waals surface area contributed by atoms with Crippen LogP contribution in [-0.4, -0.2) is 23.2 Å². The van der Waals surface area contributed by atoms with Crippen molar-refractivity contribution in [2.24, 2.45) is 0 Å². The topological polar surface area (TPSA) is 51.0 Å². The first-order valence-electron chi connectivity index (χ1n) is 7.77. The second-order valence-corrected chi connectivity index (χ2v) is 5.77. The maximum atomic E-state index is 5.50. The van der Waals surface area contributed by atoms with Gasteiger partial charge < -0.3 is 9.84 Å². The number of hydrogen-bond acceptors (Lipinski definition) is 4. The molecule has 4 nitrogen and oxygen atoms in total. The molecule has 2 unspecified atom stereocenters. The Morgan fingerprint density at radius 3 is 2.53 bits per heavy atom. The molecule has 1 N–H and O–H groups in total. The van der Waals surface area contributed by atoms with E-state index < -0.39 is 0 Å². The molecule has 1 fully saturated rings. The smallest absolute Gasteiger partial charge is 0.231 e. The van der Waals surface area contributed by atoms with Crippen LogP contribution in [0, 0.1) is 0 Å². The van der Waals surface area contributed by atoms with E-state index in [0.717, 1.165) is 18.1 Å². The van der Waals surface area contributed by atoms with Gasteiger partial charge in [0, 0.05) is 12.0 Å². The van der Waals surface area contributed by atoms with Gasteiger partial charge in [-0.15, -0.1) is 0 Å². The molecule has 4 heteroatoms. The summed E-state index contributed by atoms with van der Waals surface area (Å²) in [6.07, 6.45) is 8.83. The molecule has 1 aromatic rings. The van der Waals surface area contributed by atoms with Gasteiger partial charge in [0.15, 0.2) is 5.82 Å². The van der Waals surface area contributed by atoms with Crippen molar-refractivity contribution in [1.29, 1.82) is 0 Å². The first kappa shape index (κ1) is 14.5. The van der Waals surface area contributed by atoms with Gasteiger partial charge in [0.05, 0.1) is 5.92 Å². The molecular formula is C15H27N3O. The lowest BCUT2D eigenvalue weighted by Gasteiger charge is -2.18. The minimum atomic E-state index is 0.280. The van der Waals surface area contributed by atoms with E-state index in [2.05, 4.69) is 29.3 Å². The average molecular weight is 265 g/mol. The van der Waals surface area contributed by atoms with Crippen LogP contribution in [0.4, 0.5) is 0 Å². The van der Waals surface area contributed by atoms with Crippen LogP contribution in [0.5, 0.6) is 0 Å². The Morgan fingerprint density at radius 1 is 1.26 bits per heavy atom. The Balaban J connectivity index is 2.05. The van der Waals surface area contributed by atoms with E-state index in [-0.39, 0.29) is 5.92 Å². The minimum Gasteiger partial charge on any atom is -0.339 e. The van der Waals surface area contributed by atoms with Gasteiger partial charge in [-0.1, -0.05) is 44.7 Å². The van der Waals surface area contributed by atoms with Crippen molar-refractivity contribution in [2.75, 3.05) is 7.05 Å². The van der Waals surface area contributed by atoms with Crippen LogP contribution in [0.15, 0.2) is 4.52 Å². The summed E-state index contributed by atoms with van der Waals surface area (Å²) in [5.41, 5.74) is 0. The second-order valence-electron chi connectivity index (χ2n) is 5.77. The second kappa shape index (κ2) is 7.04. The third-order valence-corrected chi connectivity index (χ3v) is 4.48. The molecular weight excluding hydrogens is 238 g/mol. The number of rotatable bonds is 5. The Hall–Kier alpha value is -0.900. The molecule has 2 atom stereocenters. The van der Waals surface area contributed by atoms with Crippen molar-refractivity contribution in [3.05, 3.63) is 11.7 Å². The lowest BCUT2D eigenvalue weighted by atomic mass is 9.98. The zero-order valence-electron chi connectivity index (χ0n) is 12.5. The zero-order valence-corrected chi connectivity index (χ0v) is 12.5. The first-order valence-corrected chi connectivity index (χ1v) is 7.77. The Labute approximate surface area is 116 Å². The van der Waals surface area contributed by atoms with Crippen LogP contribution < -0.4 is 5.32 Å². The van der Waals surface area contributed by atoms with Crippen molar-refractivity contribution in [3.8, 4) is 0 Å². The van der Waals surface area contributed by atoms with Gasteiger partial charge in [-0.05, 0) is 26.3 Å². The Morgan fingerprint density at radius 2 is 1.95 bits per heavy atom. The molecule has 108 valence electrons. The fourth-order valence-electron chi connectivity index (χ4n) is 3.12. The fourth-order valence-corrected chi connectivity index (χ4v) is 3.12. The molecule has 1 aliphatic rings. The van der Waals surface area contributed by atoms with E-state index in [1.165, 1.54) is 38.5 Å². The van der Waals surface area contributed by atoms with Crippen molar-refractivity contribution < 1.29 is 4.52 Å². The van der Waals surface area contributed by atoms with E-state index in [1.807, 2.05) is 7.05 Å². The molecule has 1 heterocycles. The van der Waals surface area contributed by atoms with Crippen molar-refractivity contribution in [2.45, 2.75) is 76.7 Å². The predicted molar refractivity (Wildman–Crippen MR) is 76.3 cm³/mol. The number of likely N-dealkylation sites (N-methyl/N-ethyl adjacent to an activating group) is 1. The summed E-state index contributed by atoms with van der Waals surface area (Å²) < 4.78 is 5.50. The van der Waals surface area contributed by atoms with Gasteiger partial charge in [0.2, 0.25) is 5.89 Å². The quantitative estimate of drug-likeness (QED) is 0.826. The van der Waals surface area contributed by atoms with Crippen LogP contribution in [0.3, 0.4) is 0 Å². The highest BCUT2D eigenvalue weighted by molar-refractivity contribution is 5.01. The molecule has 1 aliphatic carbocycles. The third-order valence-electron chi connectivity index (χ3n) is 4.48. The molecule has 0 amide bonds. The first-order chi connectivity index (χ1) is 9.26. The van der Waals surface area contributed by atoms with E-state index in [1.54, 1.807) is 0 Å². The van der Waals surface area contributed by atoms with Gasteiger partial charge in [-0.2, -0.15) is 4.98 Å². The molecule has 0 aromatic carbocycles. The lowest BCUT2D eigenvalue weighted by Crippen LogP contribution is -2.30. The number of nitrogens with zero attached hydrogens (tertiary/aromatic N) is 2. The largest absolute Gasteiger partial charge is 0.339 e. The van der Waals surface area contributed by atoms with Gasteiger partial charge in [0.25, 0.3) is 0 Å². The highest BCUT2D eigenvalue weighted by atomic mass is 16.5. The fraction of sp³-hybridized carbons (Fsp3) is 0.867. The molecule has 1 saturated carbocycles. The van der Waals surface area contributed by atoms with Crippen molar-refractivity contribution >= 4 is 0 Å². The monoisotopic (exact) mass is 265 g/mol. The third kappa shape index (κ3) is 3.56. The Kier molecular flexibility index (Phi) is 5.37. The maximum Gasteiger partial charge on any atom is 0.231 e. The van der Waals surface area contributed by atoms with Crippen LogP contribution >= 0.6 is 0 Å². The predicted octanol–water partition coefficient (Wildman–Crippen LogP) is 3.61.